The van der Waals surface area contributed by atoms with Crippen molar-refractivity contribution < 1.29 is 14.3 Å². The number of anilines is 1. The Kier molecular flexibility index (Phi) is 6.67. The molecule has 5 nitrogen and oxygen atoms in total. The number of aryl methyl sites for hydroxylation is 2. The third-order valence-corrected chi connectivity index (χ3v) is 5.99. The molecule has 1 amide bonds. The number of hydrogen-bond acceptors (Lipinski definition) is 4. The van der Waals surface area contributed by atoms with Gasteiger partial charge >= 0.3 is 0 Å². The van der Waals surface area contributed by atoms with E-state index in [-0.39, 0.29) is 5.91 Å². The van der Waals surface area contributed by atoms with Gasteiger partial charge in [-0.25, -0.2) is 0 Å². The average molecular weight is 479 g/mol. The Morgan fingerprint density at radius 2 is 1.91 bits per heavy atom. The highest BCUT2D eigenvalue weighted by molar-refractivity contribution is 7.80. The highest BCUT2D eigenvalue weighted by Crippen LogP contribution is 2.27. The summed E-state index contributed by atoms with van der Waals surface area (Å²) in [5, 5.41) is 4.08. The van der Waals surface area contributed by atoms with E-state index in [0.717, 1.165) is 33.7 Å². The van der Waals surface area contributed by atoms with Crippen LogP contribution < -0.4 is 19.7 Å². The minimum atomic E-state index is -0.198. The first kappa shape index (κ1) is 22.8. The molecule has 4 rings (SSSR count). The van der Waals surface area contributed by atoms with Gasteiger partial charge in [-0.2, -0.15) is 0 Å². The summed E-state index contributed by atoms with van der Waals surface area (Å²) in [4.78, 5) is 14.6. The van der Waals surface area contributed by atoms with E-state index >= 15 is 0 Å². The van der Waals surface area contributed by atoms with Crippen LogP contribution in [-0.4, -0.2) is 18.1 Å². The number of carbonyl (C=O) groups is 1. The van der Waals surface area contributed by atoms with Crippen LogP contribution in [0, 0.1) is 13.8 Å². The molecule has 0 radical (unpaired) electrons. The normalized spacial score (nSPS) is 14.5. The Morgan fingerprint density at radius 1 is 1.09 bits per heavy atom. The van der Waals surface area contributed by atoms with Crippen LogP contribution in [0.25, 0.3) is 6.08 Å². The third kappa shape index (κ3) is 5.02. The van der Waals surface area contributed by atoms with Crippen LogP contribution in [0.5, 0.6) is 11.5 Å². The fourth-order valence-corrected chi connectivity index (χ4v) is 3.99. The molecular formula is C26H23ClN2O3S. The molecule has 0 aliphatic carbocycles. The molecule has 33 heavy (non-hydrogen) atoms. The molecule has 0 spiro atoms. The van der Waals surface area contributed by atoms with E-state index in [0.29, 0.717) is 28.2 Å². The number of ether oxygens (including phenoxy) is 2. The molecule has 3 aromatic carbocycles. The minimum Gasteiger partial charge on any atom is -0.496 e. The highest BCUT2D eigenvalue weighted by atomic mass is 35.5. The van der Waals surface area contributed by atoms with Gasteiger partial charge in [-0.15, -0.1) is 0 Å². The fraction of sp³-hybridized carbons (Fsp3) is 0.154. The lowest BCUT2D eigenvalue weighted by Crippen LogP contribution is -2.30. The van der Waals surface area contributed by atoms with Gasteiger partial charge in [0.25, 0.3) is 5.91 Å². The van der Waals surface area contributed by atoms with E-state index < -0.39 is 0 Å². The van der Waals surface area contributed by atoms with Gasteiger partial charge in [-0.1, -0.05) is 29.8 Å². The maximum absolute atomic E-state index is 13.1. The van der Waals surface area contributed by atoms with Crippen molar-refractivity contribution in [3.63, 3.8) is 0 Å². The number of benzene rings is 3. The number of thiocarbonyl (C=S) groups is 1. The standard InChI is InChI=1S/C26H23ClN2O3S/c1-16-5-4-6-20(11-16)29-25(30)23(28-26(29)33)14-18-7-10-24(31-3)19(13-18)15-32-21-8-9-22(27)17(2)12-21/h4-14H,15H2,1-3H3,(H,28,33)/b23-14+. The summed E-state index contributed by atoms with van der Waals surface area (Å²) in [5.41, 5.74) is 4.82. The zero-order valence-corrected chi connectivity index (χ0v) is 20.1. The van der Waals surface area contributed by atoms with Gasteiger partial charge in [0.1, 0.15) is 23.8 Å². The van der Waals surface area contributed by atoms with Crippen LogP contribution in [-0.2, 0) is 11.4 Å². The highest BCUT2D eigenvalue weighted by Gasteiger charge is 2.32. The van der Waals surface area contributed by atoms with E-state index in [1.165, 1.54) is 4.90 Å². The van der Waals surface area contributed by atoms with Crippen LogP contribution in [0.2, 0.25) is 5.02 Å². The molecule has 1 saturated heterocycles. The molecule has 0 aromatic heterocycles. The Labute approximate surface area is 203 Å². The summed E-state index contributed by atoms with van der Waals surface area (Å²) in [6.07, 6.45) is 1.78. The van der Waals surface area contributed by atoms with Gasteiger partial charge in [0, 0.05) is 10.6 Å². The van der Waals surface area contributed by atoms with Crippen molar-refractivity contribution in [2.24, 2.45) is 0 Å². The predicted molar refractivity (Wildman–Crippen MR) is 136 cm³/mol. The van der Waals surface area contributed by atoms with Gasteiger partial charge in [0.2, 0.25) is 0 Å². The number of nitrogens with one attached hydrogen (secondary N) is 1. The number of amides is 1. The number of hydrogen-bond donors (Lipinski definition) is 1. The lowest BCUT2D eigenvalue weighted by molar-refractivity contribution is -0.113. The second-order valence-corrected chi connectivity index (χ2v) is 8.53. The van der Waals surface area contributed by atoms with Crippen LogP contribution in [0.1, 0.15) is 22.3 Å². The van der Waals surface area contributed by atoms with Crippen LogP contribution in [0.3, 0.4) is 0 Å². The lowest BCUT2D eigenvalue weighted by atomic mass is 10.1. The number of rotatable bonds is 6. The molecule has 0 atom stereocenters. The second kappa shape index (κ2) is 9.65. The smallest absolute Gasteiger partial charge is 0.281 e. The number of methoxy groups -OCH3 is 1. The Hall–Kier alpha value is -3.35. The molecule has 1 N–H and O–H groups in total. The van der Waals surface area contributed by atoms with Crippen molar-refractivity contribution in [1.29, 1.82) is 0 Å². The monoisotopic (exact) mass is 478 g/mol. The molecule has 168 valence electrons. The summed E-state index contributed by atoms with van der Waals surface area (Å²) in [6, 6.07) is 18.9. The Morgan fingerprint density at radius 3 is 2.64 bits per heavy atom. The van der Waals surface area contributed by atoms with Crippen LogP contribution in [0.15, 0.2) is 66.4 Å². The van der Waals surface area contributed by atoms with Crippen molar-refractivity contribution in [1.82, 2.24) is 5.32 Å². The maximum atomic E-state index is 13.1. The fourth-order valence-electron chi connectivity index (χ4n) is 3.57. The zero-order valence-electron chi connectivity index (χ0n) is 18.5. The third-order valence-electron chi connectivity index (χ3n) is 5.28. The summed E-state index contributed by atoms with van der Waals surface area (Å²) in [7, 11) is 1.61. The van der Waals surface area contributed by atoms with Crippen molar-refractivity contribution in [3.8, 4) is 11.5 Å². The molecule has 1 aliphatic rings. The number of halogens is 1. The topological polar surface area (TPSA) is 50.8 Å². The van der Waals surface area contributed by atoms with E-state index in [9.17, 15) is 4.79 Å². The quantitative estimate of drug-likeness (QED) is 0.358. The molecular weight excluding hydrogens is 456 g/mol. The summed E-state index contributed by atoms with van der Waals surface area (Å²) >= 11 is 11.5. The van der Waals surface area contributed by atoms with Crippen LogP contribution in [0.4, 0.5) is 5.69 Å². The van der Waals surface area contributed by atoms with Gasteiger partial charge in [0.15, 0.2) is 5.11 Å². The SMILES string of the molecule is COc1ccc(/C=C2/NC(=S)N(c3cccc(C)c3)C2=O)cc1COc1ccc(Cl)c(C)c1. The van der Waals surface area contributed by atoms with E-state index in [4.69, 9.17) is 33.3 Å². The summed E-state index contributed by atoms with van der Waals surface area (Å²) < 4.78 is 11.4. The molecule has 3 aromatic rings. The van der Waals surface area contributed by atoms with Crippen molar-refractivity contribution in [3.05, 3.63) is 93.6 Å². The molecule has 1 aliphatic heterocycles. The summed E-state index contributed by atoms with van der Waals surface area (Å²) in [6.45, 7) is 4.21. The summed E-state index contributed by atoms with van der Waals surface area (Å²) in [5.74, 6) is 1.22. The molecule has 7 heteroatoms. The first-order valence-corrected chi connectivity index (χ1v) is 11.1. The van der Waals surface area contributed by atoms with Gasteiger partial charge in [-0.3, -0.25) is 9.69 Å². The van der Waals surface area contributed by atoms with Crippen molar-refractivity contribution >= 4 is 46.6 Å². The molecule has 0 bridgehead atoms. The second-order valence-electron chi connectivity index (χ2n) is 7.74. The van der Waals surface area contributed by atoms with Gasteiger partial charge in [0.05, 0.1) is 12.8 Å². The van der Waals surface area contributed by atoms with E-state index in [1.54, 1.807) is 13.2 Å². The molecule has 0 unspecified atom stereocenters. The average Bonchev–Trinajstić information content (AvgIpc) is 3.07. The van der Waals surface area contributed by atoms with Gasteiger partial charge < -0.3 is 14.8 Å². The van der Waals surface area contributed by atoms with E-state index in [2.05, 4.69) is 5.32 Å². The molecule has 1 heterocycles. The van der Waals surface area contributed by atoms with E-state index in [1.807, 2.05) is 74.5 Å². The lowest BCUT2D eigenvalue weighted by Gasteiger charge is -2.14. The zero-order chi connectivity index (χ0) is 23.5. The Bertz CT molecular complexity index is 1270. The first-order valence-electron chi connectivity index (χ1n) is 10.4. The first-order chi connectivity index (χ1) is 15.9. The maximum Gasteiger partial charge on any atom is 0.281 e. The number of nitrogens with zero attached hydrogens (tertiary/aromatic N) is 1. The van der Waals surface area contributed by atoms with Gasteiger partial charge in [-0.05, 0) is 91.3 Å². The Balaban J connectivity index is 1.57. The molecule has 0 saturated carbocycles. The van der Waals surface area contributed by atoms with Crippen LogP contribution >= 0.6 is 23.8 Å². The number of carbonyl (C=O) groups excluding carboxylic acids is 1. The minimum absolute atomic E-state index is 0.198. The molecule has 1 fully saturated rings. The largest absolute Gasteiger partial charge is 0.496 e. The predicted octanol–water partition coefficient (Wildman–Crippen LogP) is 5.81. The van der Waals surface area contributed by atoms with Crippen molar-refractivity contribution in [2.45, 2.75) is 20.5 Å². The van der Waals surface area contributed by atoms with Crippen molar-refractivity contribution in [2.75, 3.05) is 12.0 Å².